The van der Waals surface area contributed by atoms with Crippen LogP contribution >= 0.6 is 46.1 Å². The van der Waals surface area contributed by atoms with Crippen LogP contribution in [0, 0.1) is 0 Å². The van der Waals surface area contributed by atoms with E-state index in [-0.39, 0.29) is 11.5 Å². The van der Waals surface area contributed by atoms with Crippen molar-refractivity contribution >= 4 is 74.7 Å². The number of anilines is 1. The number of fused-ring (bicyclic) bond motifs is 2. The predicted molar refractivity (Wildman–Crippen MR) is 188 cm³/mol. The number of allylic oxidation sites excluding steroid dienone is 1. The number of para-hydroxylation sites is 2. The number of nitrogens with zero attached hydrogens (tertiary/aromatic N) is 3. The summed E-state index contributed by atoms with van der Waals surface area (Å²) >= 11 is 20.2. The molecule has 6 nitrogen and oxygen atoms in total. The van der Waals surface area contributed by atoms with Crippen molar-refractivity contribution in [1.29, 1.82) is 0 Å². The Morgan fingerprint density at radius 1 is 0.935 bits per heavy atom. The van der Waals surface area contributed by atoms with Gasteiger partial charge in [0.15, 0.2) is 4.80 Å². The number of carbonyl (C=O) groups excluding carboxylic acids is 1. The normalized spacial score (nSPS) is 14.8. The van der Waals surface area contributed by atoms with E-state index >= 15 is 0 Å². The molecule has 10 heteroatoms. The Kier molecular flexibility index (Phi) is 8.17. The summed E-state index contributed by atoms with van der Waals surface area (Å²) in [5, 5.41) is 5.70. The van der Waals surface area contributed by atoms with Crippen LogP contribution in [0.15, 0.2) is 124 Å². The first-order valence-corrected chi connectivity index (χ1v) is 16.4. The standard InChI is InChI=1S/C36H25Cl3N4O2S/c1-21-32(34(44)41-27-7-3-2-4-8-27)33(22-11-14-25(37)15-12-22)43-35(45)31(46-36(43)40-21)17-24-20-42(30-10-6-5-9-28(24)30)19-23-13-16-26(38)18-29(23)39/h2-18,20,33H,19H2,1H3,(H,41,44)/b31-17-/t33-/m1/s1. The topological polar surface area (TPSA) is 68.4 Å². The average Bonchev–Trinajstić information content (AvgIpc) is 3.54. The van der Waals surface area contributed by atoms with E-state index in [1.165, 1.54) is 11.3 Å². The highest BCUT2D eigenvalue weighted by atomic mass is 35.5. The smallest absolute Gasteiger partial charge is 0.271 e. The third-order valence-electron chi connectivity index (χ3n) is 7.95. The first-order valence-electron chi connectivity index (χ1n) is 14.4. The molecule has 2 aromatic heterocycles. The maximum absolute atomic E-state index is 14.3. The molecular weight excluding hydrogens is 659 g/mol. The highest BCUT2D eigenvalue weighted by molar-refractivity contribution is 7.07. The molecule has 46 heavy (non-hydrogen) atoms. The summed E-state index contributed by atoms with van der Waals surface area (Å²) in [6.07, 6.45) is 3.92. The molecule has 0 unspecified atom stereocenters. The van der Waals surface area contributed by atoms with E-state index < -0.39 is 6.04 Å². The lowest BCUT2D eigenvalue weighted by Gasteiger charge is -2.25. The van der Waals surface area contributed by atoms with Gasteiger partial charge < -0.3 is 9.88 Å². The number of amides is 1. The maximum Gasteiger partial charge on any atom is 0.271 e. The minimum absolute atomic E-state index is 0.237. The summed E-state index contributed by atoms with van der Waals surface area (Å²) in [6, 6.07) is 29.2. The third kappa shape index (κ3) is 5.72. The molecule has 0 fully saturated rings. The minimum Gasteiger partial charge on any atom is -0.342 e. The van der Waals surface area contributed by atoms with E-state index in [0.29, 0.717) is 47.9 Å². The van der Waals surface area contributed by atoms with Crippen molar-refractivity contribution in [1.82, 2.24) is 9.13 Å². The molecule has 0 aliphatic carbocycles. The molecule has 1 atom stereocenters. The molecule has 0 radical (unpaired) electrons. The number of benzene rings is 4. The van der Waals surface area contributed by atoms with Crippen molar-refractivity contribution in [2.45, 2.75) is 19.5 Å². The number of hydrogen-bond donors (Lipinski definition) is 1. The number of hydrogen-bond acceptors (Lipinski definition) is 4. The maximum atomic E-state index is 14.3. The molecule has 6 aromatic rings. The predicted octanol–water partition coefficient (Wildman–Crippen LogP) is 7.84. The van der Waals surface area contributed by atoms with Crippen LogP contribution in [-0.2, 0) is 11.3 Å². The van der Waals surface area contributed by atoms with Crippen molar-refractivity contribution in [2.75, 3.05) is 5.32 Å². The number of thiazole rings is 1. The number of carbonyl (C=O) groups is 1. The molecule has 0 saturated heterocycles. The van der Waals surface area contributed by atoms with Gasteiger partial charge in [-0.25, -0.2) is 4.99 Å². The molecule has 0 bridgehead atoms. The molecule has 4 aromatic carbocycles. The Labute approximate surface area is 283 Å². The van der Waals surface area contributed by atoms with Gasteiger partial charge in [-0.05, 0) is 66.6 Å². The molecule has 7 rings (SSSR count). The van der Waals surface area contributed by atoms with Crippen LogP contribution in [0.4, 0.5) is 5.69 Å². The van der Waals surface area contributed by atoms with Gasteiger partial charge in [-0.3, -0.25) is 14.2 Å². The zero-order valence-corrected chi connectivity index (χ0v) is 27.5. The van der Waals surface area contributed by atoms with Crippen LogP contribution in [0.3, 0.4) is 0 Å². The van der Waals surface area contributed by atoms with Crippen LogP contribution in [-0.4, -0.2) is 15.0 Å². The molecule has 0 spiro atoms. The van der Waals surface area contributed by atoms with E-state index in [1.807, 2.05) is 91.1 Å². The highest BCUT2D eigenvalue weighted by Crippen LogP contribution is 2.32. The lowest BCUT2D eigenvalue weighted by molar-refractivity contribution is -0.113. The highest BCUT2D eigenvalue weighted by Gasteiger charge is 2.32. The fourth-order valence-corrected chi connectivity index (χ4v) is 7.42. The van der Waals surface area contributed by atoms with Crippen molar-refractivity contribution < 1.29 is 4.79 Å². The molecule has 1 N–H and O–H groups in total. The monoisotopic (exact) mass is 682 g/mol. The van der Waals surface area contributed by atoms with E-state index in [4.69, 9.17) is 39.8 Å². The largest absolute Gasteiger partial charge is 0.342 e. The third-order valence-corrected chi connectivity index (χ3v) is 9.77. The summed E-state index contributed by atoms with van der Waals surface area (Å²) in [4.78, 5) is 33.4. The van der Waals surface area contributed by atoms with E-state index in [0.717, 1.165) is 27.6 Å². The summed E-state index contributed by atoms with van der Waals surface area (Å²) in [5.41, 5.74) is 4.90. The number of nitrogens with one attached hydrogen (secondary N) is 1. The van der Waals surface area contributed by atoms with Crippen molar-refractivity contribution in [3.8, 4) is 0 Å². The van der Waals surface area contributed by atoms with Crippen molar-refractivity contribution in [3.05, 3.63) is 166 Å². The quantitative estimate of drug-likeness (QED) is 0.194. The second-order valence-electron chi connectivity index (χ2n) is 10.9. The van der Waals surface area contributed by atoms with Crippen LogP contribution < -0.4 is 20.2 Å². The lowest BCUT2D eigenvalue weighted by Crippen LogP contribution is -2.40. The molecule has 1 aliphatic rings. The zero-order valence-electron chi connectivity index (χ0n) is 24.4. The van der Waals surface area contributed by atoms with E-state index in [2.05, 4.69) is 9.88 Å². The number of aromatic nitrogens is 2. The van der Waals surface area contributed by atoms with Gasteiger partial charge in [0.1, 0.15) is 0 Å². The van der Waals surface area contributed by atoms with Gasteiger partial charge in [-0.2, -0.15) is 0 Å². The van der Waals surface area contributed by atoms with Gasteiger partial charge in [0.05, 0.1) is 21.8 Å². The number of halogens is 3. The fourth-order valence-electron chi connectivity index (χ4n) is 5.79. The van der Waals surface area contributed by atoms with Gasteiger partial charge in [-0.15, -0.1) is 0 Å². The van der Waals surface area contributed by atoms with Crippen molar-refractivity contribution in [3.63, 3.8) is 0 Å². The first kappa shape index (κ1) is 30.3. The van der Waals surface area contributed by atoms with Crippen LogP contribution in [0.25, 0.3) is 17.0 Å². The Morgan fingerprint density at radius 3 is 2.41 bits per heavy atom. The Hall–Kier alpha value is -4.40. The zero-order chi connectivity index (χ0) is 31.9. The molecule has 3 heterocycles. The van der Waals surface area contributed by atoms with E-state index in [9.17, 15) is 9.59 Å². The second-order valence-corrected chi connectivity index (χ2v) is 13.2. The molecule has 1 amide bonds. The van der Waals surface area contributed by atoms with Gasteiger partial charge in [0.2, 0.25) is 0 Å². The SMILES string of the molecule is CC1=C(C(=O)Nc2ccccc2)[C@@H](c2ccc(Cl)cc2)n2c(s/c(=C\c3cn(Cc4ccc(Cl)cc4Cl)c4ccccc34)c2=O)=N1. The minimum atomic E-state index is -0.701. The summed E-state index contributed by atoms with van der Waals surface area (Å²) < 4.78 is 4.22. The lowest BCUT2D eigenvalue weighted by atomic mass is 9.95. The number of rotatable bonds is 6. The fraction of sp³-hybridized carbons (Fsp3) is 0.0833. The Balaban J connectivity index is 1.35. The van der Waals surface area contributed by atoms with Gasteiger partial charge in [0, 0.05) is 50.0 Å². The van der Waals surface area contributed by atoms with Crippen LogP contribution in [0.2, 0.25) is 15.1 Å². The average molecular weight is 684 g/mol. The summed E-state index contributed by atoms with van der Waals surface area (Å²) in [7, 11) is 0. The van der Waals surface area contributed by atoms with Crippen molar-refractivity contribution in [2.24, 2.45) is 4.99 Å². The van der Waals surface area contributed by atoms with Gasteiger partial charge >= 0.3 is 0 Å². The van der Waals surface area contributed by atoms with Gasteiger partial charge in [-0.1, -0.05) is 101 Å². The first-order chi connectivity index (χ1) is 22.3. The summed E-state index contributed by atoms with van der Waals surface area (Å²) in [6.45, 7) is 2.33. The van der Waals surface area contributed by atoms with E-state index in [1.54, 1.807) is 29.7 Å². The summed E-state index contributed by atoms with van der Waals surface area (Å²) in [5.74, 6) is -0.328. The second kappa shape index (κ2) is 12.4. The Bertz CT molecular complexity index is 2360. The van der Waals surface area contributed by atoms with Crippen LogP contribution in [0.5, 0.6) is 0 Å². The Morgan fingerprint density at radius 2 is 1.65 bits per heavy atom. The molecule has 228 valence electrons. The van der Waals surface area contributed by atoms with Gasteiger partial charge in [0.25, 0.3) is 11.5 Å². The molecule has 1 aliphatic heterocycles. The van der Waals surface area contributed by atoms with Crippen LogP contribution in [0.1, 0.15) is 29.7 Å². The molecule has 0 saturated carbocycles. The molecular formula is C36H25Cl3N4O2S.